The molecular weight excluding hydrogens is 216 g/mol. The van der Waals surface area contributed by atoms with E-state index in [9.17, 15) is 0 Å². The van der Waals surface area contributed by atoms with Crippen LogP contribution in [0, 0.1) is 6.92 Å². The molecule has 0 amide bonds. The summed E-state index contributed by atoms with van der Waals surface area (Å²) in [5.74, 6) is 2.61. The van der Waals surface area contributed by atoms with E-state index >= 15 is 0 Å². The lowest BCUT2D eigenvalue weighted by molar-refractivity contribution is 0.357. The number of rotatable bonds is 3. The largest absolute Gasteiger partial charge is 0.493 e. The number of benzene rings is 1. The molecule has 1 aliphatic rings. The standard InChI is InChI=1S/C13H14N2O2/c1-9-6-13(15-17-9)14-8-10-2-3-12-11(7-10)4-5-16-12/h2-3,6-7H,4-5,8H2,1H3,(H,14,15). The molecule has 17 heavy (non-hydrogen) atoms. The summed E-state index contributed by atoms with van der Waals surface area (Å²) < 4.78 is 10.5. The zero-order chi connectivity index (χ0) is 11.7. The maximum absolute atomic E-state index is 5.47. The molecule has 0 bridgehead atoms. The number of fused-ring (bicyclic) bond motifs is 1. The van der Waals surface area contributed by atoms with Gasteiger partial charge in [-0.25, -0.2) is 0 Å². The van der Waals surface area contributed by atoms with Crippen LogP contribution in [-0.2, 0) is 13.0 Å². The molecule has 0 unspecified atom stereocenters. The Morgan fingerprint density at radius 1 is 1.35 bits per heavy atom. The second-order valence-corrected chi connectivity index (χ2v) is 4.22. The van der Waals surface area contributed by atoms with Crippen molar-refractivity contribution in [3.8, 4) is 5.75 Å². The topological polar surface area (TPSA) is 47.3 Å². The van der Waals surface area contributed by atoms with E-state index < -0.39 is 0 Å². The van der Waals surface area contributed by atoms with Gasteiger partial charge in [-0.1, -0.05) is 17.3 Å². The van der Waals surface area contributed by atoms with Crippen LogP contribution in [0.3, 0.4) is 0 Å². The summed E-state index contributed by atoms with van der Waals surface area (Å²) in [6, 6.07) is 8.18. The van der Waals surface area contributed by atoms with Crippen molar-refractivity contribution in [2.45, 2.75) is 19.9 Å². The average Bonchev–Trinajstić information content (AvgIpc) is 2.94. The number of nitrogens with one attached hydrogen (secondary N) is 1. The van der Waals surface area contributed by atoms with Gasteiger partial charge < -0.3 is 14.6 Å². The van der Waals surface area contributed by atoms with Gasteiger partial charge in [0.2, 0.25) is 0 Å². The molecule has 1 N–H and O–H groups in total. The van der Waals surface area contributed by atoms with Gasteiger partial charge in [-0.15, -0.1) is 0 Å². The Balaban J connectivity index is 1.69. The fraction of sp³-hybridized carbons (Fsp3) is 0.308. The van der Waals surface area contributed by atoms with Crippen molar-refractivity contribution in [3.05, 3.63) is 41.2 Å². The lowest BCUT2D eigenvalue weighted by atomic mass is 10.1. The molecule has 0 aliphatic carbocycles. The van der Waals surface area contributed by atoms with Gasteiger partial charge in [0.15, 0.2) is 5.82 Å². The van der Waals surface area contributed by atoms with Crippen molar-refractivity contribution in [3.63, 3.8) is 0 Å². The highest BCUT2D eigenvalue weighted by Gasteiger charge is 2.11. The molecule has 0 spiro atoms. The van der Waals surface area contributed by atoms with E-state index in [4.69, 9.17) is 9.26 Å². The van der Waals surface area contributed by atoms with Crippen molar-refractivity contribution >= 4 is 5.82 Å². The molecule has 2 heterocycles. The third-order valence-electron chi connectivity index (χ3n) is 2.86. The Hall–Kier alpha value is -1.97. The smallest absolute Gasteiger partial charge is 0.169 e. The molecule has 0 radical (unpaired) electrons. The molecule has 2 aromatic rings. The number of nitrogens with zero attached hydrogens (tertiary/aromatic N) is 1. The van der Waals surface area contributed by atoms with Gasteiger partial charge >= 0.3 is 0 Å². The summed E-state index contributed by atoms with van der Waals surface area (Å²) in [5.41, 5.74) is 2.52. The lowest BCUT2D eigenvalue weighted by Crippen LogP contribution is -1.99. The molecule has 4 nitrogen and oxygen atoms in total. The Morgan fingerprint density at radius 2 is 2.29 bits per heavy atom. The van der Waals surface area contributed by atoms with Gasteiger partial charge in [-0.2, -0.15) is 0 Å². The number of hydrogen-bond donors (Lipinski definition) is 1. The van der Waals surface area contributed by atoms with Gasteiger partial charge in [0, 0.05) is 19.0 Å². The van der Waals surface area contributed by atoms with Gasteiger partial charge in [0.05, 0.1) is 6.61 Å². The summed E-state index contributed by atoms with van der Waals surface area (Å²) in [6.45, 7) is 3.43. The maximum atomic E-state index is 5.47. The molecule has 1 aromatic heterocycles. The first-order valence-corrected chi connectivity index (χ1v) is 5.73. The maximum Gasteiger partial charge on any atom is 0.169 e. The highest BCUT2D eigenvalue weighted by atomic mass is 16.5. The molecule has 4 heteroatoms. The SMILES string of the molecule is Cc1cc(NCc2ccc3c(c2)CCO3)no1. The quantitative estimate of drug-likeness (QED) is 0.880. The van der Waals surface area contributed by atoms with Gasteiger partial charge in [0.25, 0.3) is 0 Å². The van der Waals surface area contributed by atoms with Crippen LogP contribution in [0.1, 0.15) is 16.9 Å². The number of aromatic nitrogens is 1. The first-order valence-electron chi connectivity index (χ1n) is 5.73. The van der Waals surface area contributed by atoms with Crippen LogP contribution in [0.4, 0.5) is 5.82 Å². The number of ether oxygens (including phenoxy) is 1. The molecule has 1 aliphatic heterocycles. The van der Waals surface area contributed by atoms with E-state index in [-0.39, 0.29) is 0 Å². The summed E-state index contributed by atoms with van der Waals surface area (Å²) in [5, 5.41) is 7.12. The van der Waals surface area contributed by atoms with Crippen molar-refractivity contribution < 1.29 is 9.26 Å². The van der Waals surface area contributed by atoms with Crippen LogP contribution in [0.25, 0.3) is 0 Å². The van der Waals surface area contributed by atoms with E-state index in [1.807, 2.05) is 19.1 Å². The van der Waals surface area contributed by atoms with Crippen LogP contribution in [0.5, 0.6) is 5.75 Å². The highest BCUT2D eigenvalue weighted by molar-refractivity contribution is 5.41. The predicted molar refractivity (Wildman–Crippen MR) is 64.2 cm³/mol. The minimum atomic E-state index is 0.749. The predicted octanol–water partition coefficient (Wildman–Crippen LogP) is 2.53. The van der Waals surface area contributed by atoms with Crippen LogP contribution in [-0.4, -0.2) is 11.8 Å². The number of anilines is 1. The Labute approximate surface area is 99.6 Å². The van der Waals surface area contributed by atoms with E-state index in [0.29, 0.717) is 0 Å². The van der Waals surface area contributed by atoms with Gasteiger partial charge in [-0.05, 0) is 24.1 Å². The van der Waals surface area contributed by atoms with Crippen LogP contribution in [0.2, 0.25) is 0 Å². The van der Waals surface area contributed by atoms with Crippen molar-refractivity contribution in [2.75, 3.05) is 11.9 Å². The second kappa shape index (κ2) is 4.13. The monoisotopic (exact) mass is 230 g/mol. The van der Waals surface area contributed by atoms with E-state index in [0.717, 1.165) is 36.9 Å². The van der Waals surface area contributed by atoms with Crippen LogP contribution in [0.15, 0.2) is 28.8 Å². The second-order valence-electron chi connectivity index (χ2n) is 4.22. The number of aryl methyl sites for hydroxylation is 1. The molecule has 3 rings (SSSR count). The van der Waals surface area contributed by atoms with Crippen LogP contribution < -0.4 is 10.1 Å². The Bertz CT molecular complexity index is 534. The fourth-order valence-corrected chi connectivity index (χ4v) is 1.99. The van der Waals surface area contributed by atoms with E-state index in [2.05, 4.69) is 22.6 Å². The van der Waals surface area contributed by atoms with E-state index in [1.165, 1.54) is 11.1 Å². The van der Waals surface area contributed by atoms with E-state index in [1.54, 1.807) is 0 Å². The zero-order valence-corrected chi connectivity index (χ0v) is 9.69. The first kappa shape index (κ1) is 10.2. The fourth-order valence-electron chi connectivity index (χ4n) is 1.99. The summed E-state index contributed by atoms with van der Waals surface area (Å²) >= 11 is 0. The summed E-state index contributed by atoms with van der Waals surface area (Å²) in [7, 11) is 0. The summed E-state index contributed by atoms with van der Waals surface area (Å²) in [6.07, 6.45) is 1.01. The lowest BCUT2D eigenvalue weighted by Gasteiger charge is -2.04. The Kier molecular flexibility index (Phi) is 2.48. The Morgan fingerprint density at radius 3 is 3.12 bits per heavy atom. The van der Waals surface area contributed by atoms with Crippen molar-refractivity contribution in [1.29, 1.82) is 0 Å². The third kappa shape index (κ3) is 2.11. The minimum absolute atomic E-state index is 0.749. The zero-order valence-electron chi connectivity index (χ0n) is 9.69. The third-order valence-corrected chi connectivity index (χ3v) is 2.86. The average molecular weight is 230 g/mol. The molecule has 0 saturated carbocycles. The molecule has 1 aromatic carbocycles. The minimum Gasteiger partial charge on any atom is -0.493 e. The summed E-state index contributed by atoms with van der Waals surface area (Å²) in [4.78, 5) is 0. The molecule has 0 fully saturated rings. The molecule has 88 valence electrons. The van der Waals surface area contributed by atoms with Gasteiger partial charge in [-0.3, -0.25) is 0 Å². The van der Waals surface area contributed by atoms with Crippen LogP contribution >= 0.6 is 0 Å². The number of hydrogen-bond acceptors (Lipinski definition) is 4. The van der Waals surface area contributed by atoms with Gasteiger partial charge in [0.1, 0.15) is 11.5 Å². The van der Waals surface area contributed by atoms with Crippen molar-refractivity contribution in [2.24, 2.45) is 0 Å². The molecule has 0 saturated heterocycles. The highest BCUT2D eigenvalue weighted by Crippen LogP contribution is 2.26. The molecular formula is C13H14N2O2. The molecule has 0 atom stereocenters. The first-order chi connectivity index (χ1) is 8.31. The van der Waals surface area contributed by atoms with Crippen molar-refractivity contribution in [1.82, 2.24) is 5.16 Å². The normalized spacial score (nSPS) is 13.2.